The predicted molar refractivity (Wildman–Crippen MR) is 141 cm³/mol. The van der Waals surface area contributed by atoms with Crippen LogP contribution in [0.4, 0.5) is 11.8 Å². The third-order valence-electron chi connectivity index (χ3n) is 7.44. The molecule has 0 saturated carbocycles. The van der Waals surface area contributed by atoms with E-state index in [1.807, 2.05) is 0 Å². The molecule has 23 nitrogen and oxygen atoms in total. The molecule has 5 unspecified atom stereocenters. The number of ether oxygens (including phenoxy) is 2. The van der Waals surface area contributed by atoms with Crippen molar-refractivity contribution in [3.63, 3.8) is 0 Å². The number of fused-ring (bicyclic) bond motifs is 5. The standard InChI is InChI=1S/C20H24N10O13P2/c21-14-8-15(24-3-23-14)29(4-25-8)18-11(32)12-7(41-18)2-39-45(36,37)43-13-10(31)6(1-38-44(34,35)42-12)40-19(13)30-5-26-9-16(30)27-20(22)28-17(9)33/h3-7,10-13,18-19,31-32H,1-2H2,(H7,21,22,23,24,27,28,33,34,35,36,37)/p+2/t6-,7-,10+,11?,12?,13?,18-,19-/m1/s1. The number of aliphatic hydroxyl groups excluding tert-OH is 2. The smallest absolute Gasteiger partial charge is 0.387 e. The minimum atomic E-state index is -5.10. The maximum Gasteiger partial charge on any atom is 0.472 e. The first kappa shape index (κ1) is 30.2. The summed E-state index contributed by atoms with van der Waals surface area (Å²) in [6.45, 7) is -1.62. The van der Waals surface area contributed by atoms with E-state index < -0.39 is 83.5 Å². The van der Waals surface area contributed by atoms with Gasteiger partial charge < -0.3 is 40.9 Å². The number of phosphoric acid groups is 2. The molecular formula is C20H26N10O13P2+2. The number of nitrogens with zero attached hydrogens (tertiary/aromatic N) is 5. The van der Waals surface area contributed by atoms with Gasteiger partial charge >= 0.3 is 26.9 Å². The molecule has 0 aromatic carbocycles. The molecule has 25 heteroatoms. The van der Waals surface area contributed by atoms with Crippen LogP contribution in [0.1, 0.15) is 12.5 Å². The van der Waals surface area contributed by atoms with E-state index in [1.165, 1.54) is 28.1 Å². The number of nitrogen functional groups attached to an aromatic ring is 2. The number of nitrogens with one attached hydrogen (secondary N) is 3. The Hall–Kier alpha value is -3.44. The van der Waals surface area contributed by atoms with Crippen LogP contribution in [0, 0.1) is 0 Å². The molecule has 3 fully saturated rings. The SMILES string of the molecule is Nc1nc2c([nH]c[n+]2[C@@H]2O[C@@H]3COP(=O)(O)OC4C(O)[C@H]([n+]5c[nH]c6c(N)ncnc65)O[C@@H]4COP(=O)(O)OC2[C@H]3O)c(=O)[nH]1. The van der Waals surface area contributed by atoms with Gasteiger partial charge in [0.15, 0.2) is 30.9 Å². The third kappa shape index (κ3) is 5.31. The molecule has 4 aromatic heterocycles. The summed E-state index contributed by atoms with van der Waals surface area (Å²) in [5.74, 6) is -0.170. The summed E-state index contributed by atoms with van der Waals surface area (Å²) < 4.78 is 61.3. The maximum atomic E-state index is 13.2. The second-order valence-electron chi connectivity index (χ2n) is 10.2. The van der Waals surface area contributed by atoms with Crippen LogP contribution in [0.5, 0.6) is 0 Å². The topological polar surface area (TPSA) is 333 Å². The van der Waals surface area contributed by atoms with Crippen molar-refractivity contribution in [3.8, 4) is 0 Å². The number of aromatic nitrogens is 8. The van der Waals surface area contributed by atoms with Crippen LogP contribution in [0.25, 0.3) is 22.3 Å². The Labute approximate surface area is 248 Å². The number of nitrogens with two attached hydrogens (primary N) is 2. The molecule has 7 heterocycles. The molecule has 0 aliphatic carbocycles. The minimum Gasteiger partial charge on any atom is -0.387 e. The fraction of sp³-hybridized carbons (Fsp3) is 0.500. The number of anilines is 2. The normalized spacial score (nSPS) is 37.7. The largest absolute Gasteiger partial charge is 0.472 e. The number of imidazole rings is 2. The summed E-state index contributed by atoms with van der Waals surface area (Å²) in [5.41, 5.74) is 11.3. The Kier molecular flexibility index (Phi) is 7.27. The summed E-state index contributed by atoms with van der Waals surface area (Å²) in [7, 11) is -10.1. The number of hydrogen-bond donors (Lipinski definition) is 9. The lowest BCUT2D eigenvalue weighted by Crippen LogP contribution is -2.47. The monoisotopic (exact) mass is 676 g/mol. The van der Waals surface area contributed by atoms with Crippen molar-refractivity contribution >= 4 is 49.7 Å². The van der Waals surface area contributed by atoms with E-state index in [0.29, 0.717) is 5.52 Å². The van der Waals surface area contributed by atoms with Crippen LogP contribution in [0.3, 0.4) is 0 Å². The number of phosphoric ester groups is 2. The molecule has 0 spiro atoms. The number of hydrogen-bond acceptors (Lipinski definition) is 16. The molecule has 2 bridgehead atoms. The molecule has 3 saturated heterocycles. The summed E-state index contributed by atoms with van der Waals surface area (Å²) in [6.07, 6.45) is -8.74. The molecule has 7 rings (SSSR count). The molecule has 0 amide bonds. The Morgan fingerprint density at radius 3 is 2.20 bits per heavy atom. The van der Waals surface area contributed by atoms with Crippen LogP contribution < -0.4 is 26.2 Å². The van der Waals surface area contributed by atoms with E-state index >= 15 is 0 Å². The van der Waals surface area contributed by atoms with Crippen molar-refractivity contribution < 1.29 is 65.8 Å². The first-order valence-electron chi connectivity index (χ1n) is 13.1. The van der Waals surface area contributed by atoms with Gasteiger partial charge in [-0.15, -0.1) is 0 Å². The van der Waals surface area contributed by atoms with Gasteiger partial charge in [0, 0.05) is 0 Å². The Morgan fingerprint density at radius 2 is 1.47 bits per heavy atom. The zero-order valence-electron chi connectivity index (χ0n) is 22.5. The summed E-state index contributed by atoms with van der Waals surface area (Å²) >= 11 is 0. The van der Waals surface area contributed by atoms with E-state index in [0.717, 1.165) is 0 Å². The van der Waals surface area contributed by atoms with Crippen LogP contribution in [-0.4, -0.2) is 99.7 Å². The molecule has 0 radical (unpaired) electrons. The van der Waals surface area contributed by atoms with E-state index in [-0.39, 0.29) is 28.6 Å². The number of aromatic amines is 3. The highest BCUT2D eigenvalue weighted by atomic mass is 31.2. The molecule has 10 atom stereocenters. The number of H-pyrrole nitrogens is 3. The molecule has 242 valence electrons. The van der Waals surface area contributed by atoms with Crippen LogP contribution in [-0.2, 0) is 36.7 Å². The first-order chi connectivity index (χ1) is 21.3. The highest BCUT2D eigenvalue weighted by molar-refractivity contribution is 7.47. The zero-order chi connectivity index (χ0) is 31.8. The van der Waals surface area contributed by atoms with Crippen LogP contribution >= 0.6 is 15.6 Å². The van der Waals surface area contributed by atoms with Crippen molar-refractivity contribution in [2.75, 3.05) is 24.7 Å². The Balaban J connectivity index is 1.21. The summed E-state index contributed by atoms with van der Waals surface area (Å²) in [5, 5.41) is 22.2. The second-order valence-corrected chi connectivity index (χ2v) is 13.1. The predicted octanol–water partition coefficient (Wildman–Crippen LogP) is -3.50. The van der Waals surface area contributed by atoms with Gasteiger partial charge in [0.05, 0.1) is 13.2 Å². The number of aliphatic hydroxyl groups is 2. The van der Waals surface area contributed by atoms with E-state index in [1.54, 1.807) is 0 Å². The first-order valence-corrected chi connectivity index (χ1v) is 16.1. The van der Waals surface area contributed by atoms with Gasteiger partial charge in [-0.05, 0) is 0 Å². The van der Waals surface area contributed by atoms with Crippen molar-refractivity contribution in [1.29, 1.82) is 0 Å². The molecule has 45 heavy (non-hydrogen) atoms. The lowest BCUT2D eigenvalue weighted by Gasteiger charge is -2.24. The fourth-order valence-corrected chi connectivity index (χ4v) is 7.31. The molecule has 3 aliphatic heterocycles. The van der Waals surface area contributed by atoms with Gasteiger partial charge in [-0.25, -0.2) is 18.3 Å². The highest BCUT2D eigenvalue weighted by Gasteiger charge is 2.55. The van der Waals surface area contributed by atoms with Crippen molar-refractivity contribution in [3.05, 3.63) is 29.3 Å². The summed E-state index contributed by atoms with van der Waals surface area (Å²) in [4.78, 5) is 53.4. The quantitative estimate of drug-likeness (QED) is 0.0734. The van der Waals surface area contributed by atoms with Gasteiger partial charge in [0.1, 0.15) is 30.5 Å². The van der Waals surface area contributed by atoms with Gasteiger partial charge in [-0.2, -0.15) is 4.98 Å². The van der Waals surface area contributed by atoms with Gasteiger partial charge in [0.25, 0.3) is 11.5 Å². The average molecular weight is 676 g/mol. The highest BCUT2D eigenvalue weighted by Crippen LogP contribution is 2.52. The lowest BCUT2D eigenvalue weighted by molar-refractivity contribution is -0.745. The average Bonchev–Trinajstić information content (AvgIpc) is 3.72. The van der Waals surface area contributed by atoms with E-state index in [2.05, 4.69) is 29.9 Å². The van der Waals surface area contributed by atoms with Crippen molar-refractivity contribution in [1.82, 2.24) is 29.9 Å². The van der Waals surface area contributed by atoms with E-state index in [9.17, 15) is 33.9 Å². The van der Waals surface area contributed by atoms with Crippen LogP contribution in [0.15, 0.2) is 23.8 Å². The van der Waals surface area contributed by atoms with E-state index in [4.69, 9.17) is 39.0 Å². The molecular weight excluding hydrogens is 650 g/mol. The Morgan fingerprint density at radius 1 is 0.844 bits per heavy atom. The van der Waals surface area contributed by atoms with Gasteiger partial charge in [-0.1, -0.05) is 9.97 Å². The second kappa shape index (κ2) is 10.8. The third-order valence-corrected chi connectivity index (χ3v) is 9.41. The molecule has 4 aromatic rings. The van der Waals surface area contributed by atoms with Crippen molar-refractivity contribution in [2.45, 2.75) is 49.1 Å². The van der Waals surface area contributed by atoms with Crippen LogP contribution in [0.2, 0.25) is 0 Å². The molecule has 3 aliphatic rings. The Bertz CT molecular complexity index is 1940. The van der Waals surface area contributed by atoms with Gasteiger partial charge in [-0.3, -0.25) is 37.8 Å². The zero-order valence-corrected chi connectivity index (χ0v) is 24.3. The van der Waals surface area contributed by atoms with Crippen molar-refractivity contribution in [2.24, 2.45) is 0 Å². The fourth-order valence-electron chi connectivity index (χ4n) is 5.41. The number of rotatable bonds is 2. The molecule has 11 N–H and O–H groups in total. The van der Waals surface area contributed by atoms with Gasteiger partial charge in [0.2, 0.25) is 23.5 Å². The minimum absolute atomic E-state index is 0.0495. The lowest BCUT2D eigenvalue weighted by atomic mass is 10.1. The summed E-state index contributed by atoms with van der Waals surface area (Å²) in [6, 6.07) is 0. The maximum absolute atomic E-state index is 13.2.